The number of carbonyl (C=O) groups excluding carboxylic acids is 1. The van der Waals surface area contributed by atoms with Crippen molar-refractivity contribution in [1.82, 2.24) is 4.98 Å². The summed E-state index contributed by atoms with van der Waals surface area (Å²) in [5.41, 5.74) is 2.72. The molecule has 0 aliphatic carbocycles. The van der Waals surface area contributed by atoms with Crippen LogP contribution in [0, 0.1) is 13.8 Å². The van der Waals surface area contributed by atoms with Gasteiger partial charge >= 0.3 is 0 Å². The molecule has 9 nitrogen and oxygen atoms in total. The average Bonchev–Trinajstić information content (AvgIpc) is 2.88. The lowest BCUT2D eigenvalue weighted by Gasteiger charge is -2.24. The van der Waals surface area contributed by atoms with Gasteiger partial charge < -0.3 is 5.32 Å². The quantitative estimate of drug-likeness (QED) is 0.320. The maximum Gasteiger partial charge on any atom is 0.264 e. The molecule has 0 aliphatic heterocycles. The molecule has 2 N–H and O–H groups in total. The summed E-state index contributed by atoms with van der Waals surface area (Å²) in [6.45, 7) is 3.20. The monoisotopic (exact) mass is 550 g/mol. The van der Waals surface area contributed by atoms with Crippen LogP contribution in [0.1, 0.15) is 11.1 Å². The maximum absolute atomic E-state index is 13.5. The van der Waals surface area contributed by atoms with Crippen LogP contribution >= 0.6 is 0 Å². The third kappa shape index (κ3) is 6.36. The topological polar surface area (TPSA) is 126 Å². The van der Waals surface area contributed by atoms with Gasteiger partial charge in [0.2, 0.25) is 5.91 Å². The molecule has 0 radical (unpaired) electrons. The van der Waals surface area contributed by atoms with Crippen molar-refractivity contribution in [2.75, 3.05) is 20.9 Å². The summed E-state index contributed by atoms with van der Waals surface area (Å²) < 4.78 is 55.8. The predicted molar refractivity (Wildman–Crippen MR) is 147 cm³/mol. The van der Waals surface area contributed by atoms with Gasteiger partial charge in [0.05, 0.1) is 27.4 Å². The molecule has 0 saturated heterocycles. The number of amides is 1. The Balaban J connectivity index is 1.53. The molecule has 0 aliphatic rings. The van der Waals surface area contributed by atoms with E-state index in [4.69, 9.17) is 0 Å². The minimum atomic E-state index is -4.05. The first kappa shape index (κ1) is 26.8. The molecule has 3 aromatic carbocycles. The number of hydrogen-bond acceptors (Lipinski definition) is 6. The van der Waals surface area contributed by atoms with Crippen molar-refractivity contribution in [2.45, 2.75) is 23.6 Å². The number of hydrogen-bond donors (Lipinski definition) is 2. The highest BCUT2D eigenvalue weighted by Gasteiger charge is 2.27. The van der Waals surface area contributed by atoms with Crippen LogP contribution in [-0.2, 0) is 24.8 Å². The number of carbonyl (C=O) groups is 1. The van der Waals surface area contributed by atoms with Crippen molar-refractivity contribution in [3.8, 4) is 0 Å². The van der Waals surface area contributed by atoms with Crippen molar-refractivity contribution in [2.24, 2.45) is 0 Å². The zero-order valence-corrected chi connectivity index (χ0v) is 22.3. The van der Waals surface area contributed by atoms with Crippen LogP contribution < -0.4 is 14.3 Å². The highest BCUT2D eigenvalue weighted by atomic mass is 32.2. The van der Waals surface area contributed by atoms with Crippen molar-refractivity contribution in [1.29, 1.82) is 0 Å². The van der Waals surface area contributed by atoms with Gasteiger partial charge in [-0.2, -0.15) is 0 Å². The van der Waals surface area contributed by atoms with E-state index in [2.05, 4.69) is 15.0 Å². The van der Waals surface area contributed by atoms with Crippen LogP contribution in [0.5, 0.6) is 0 Å². The van der Waals surface area contributed by atoms with Gasteiger partial charge in [0.25, 0.3) is 20.0 Å². The molecule has 0 bridgehead atoms. The van der Waals surface area contributed by atoms with E-state index in [9.17, 15) is 21.6 Å². The zero-order chi connectivity index (χ0) is 27.3. The van der Waals surface area contributed by atoms with E-state index in [0.29, 0.717) is 17.1 Å². The maximum atomic E-state index is 13.5. The molecule has 4 rings (SSSR count). The molecular formula is C27H26N4O5S2. The number of benzene rings is 3. The molecule has 0 atom stereocenters. The Kier molecular flexibility index (Phi) is 7.79. The van der Waals surface area contributed by atoms with Gasteiger partial charge in [-0.1, -0.05) is 29.8 Å². The number of nitrogens with zero attached hydrogens (tertiary/aromatic N) is 2. The Morgan fingerprint density at radius 2 is 1.47 bits per heavy atom. The van der Waals surface area contributed by atoms with Gasteiger partial charge in [0.1, 0.15) is 6.54 Å². The fourth-order valence-electron chi connectivity index (χ4n) is 3.62. The predicted octanol–water partition coefficient (Wildman–Crippen LogP) is 4.33. The van der Waals surface area contributed by atoms with Gasteiger partial charge in [-0.15, -0.1) is 0 Å². The normalized spacial score (nSPS) is 11.5. The Labute approximate surface area is 222 Å². The minimum absolute atomic E-state index is 0.0114. The fraction of sp³-hybridized carbons (Fsp3) is 0.111. The number of nitrogens with one attached hydrogen (secondary N) is 2. The van der Waals surface area contributed by atoms with Crippen molar-refractivity contribution < 1.29 is 21.6 Å². The van der Waals surface area contributed by atoms with Crippen molar-refractivity contribution in [3.05, 3.63) is 108 Å². The summed E-state index contributed by atoms with van der Waals surface area (Å²) in [5.74, 6) is -0.591. The molecule has 38 heavy (non-hydrogen) atoms. The Hall–Kier alpha value is -4.22. The zero-order valence-electron chi connectivity index (χ0n) is 20.7. The largest absolute Gasteiger partial charge is 0.325 e. The smallest absolute Gasteiger partial charge is 0.264 e. The molecule has 11 heteroatoms. The lowest BCUT2D eigenvalue weighted by Crippen LogP contribution is -2.38. The number of pyridine rings is 1. The van der Waals surface area contributed by atoms with E-state index in [-0.39, 0.29) is 9.79 Å². The van der Waals surface area contributed by atoms with Crippen LogP contribution in [0.3, 0.4) is 0 Å². The van der Waals surface area contributed by atoms with Crippen molar-refractivity contribution in [3.63, 3.8) is 0 Å². The average molecular weight is 551 g/mol. The number of aromatic nitrogens is 1. The Morgan fingerprint density at radius 1 is 0.789 bits per heavy atom. The van der Waals surface area contributed by atoms with Crippen LogP contribution in [-0.4, -0.2) is 34.3 Å². The molecule has 196 valence electrons. The van der Waals surface area contributed by atoms with Crippen LogP contribution in [0.15, 0.2) is 107 Å². The molecule has 4 aromatic rings. The first-order valence-corrected chi connectivity index (χ1v) is 14.5. The van der Waals surface area contributed by atoms with Gasteiger partial charge in [-0.05, 0) is 80.1 Å². The third-order valence-electron chi connectivity index (χ3n) is 5.55. The van der Waals surface area contributed by atoms with E-state index in [1.165, 1.54) is 48.8 Å². The van der Waals surface area contributed by atoms with Crippen LogP contribution in [0.25, 0.3) is 0 Å². The Morgan fingerprint density at radius 3 is 2.11 bits per heavy atom. The van der Waals surface area contributed by atoms with Gasteiger partial charge in [-0.3, -0.25) is 18.8 Å². The molecular weight excluding hydrogens is 524 g/mol. The Bertz CT molecular complexity index is 1640. The molecule has 0 spiro atoms. The SMILES string of the molecule is Cc1ccc(S(=O)(=O)N(CC(=O)Nc2ccc(S(=O)(=O)Nc3cccnc3)cc2)c2cccc(C)c2)cc1. The van der Waals surface area contributed by atoms with Gasteiger partial charge in [-0.25, -0.2) is 16.8 Å². The summed E-state index contributed by atoms with van der Waals surface area (Å²) in [6, 6.07) is 22.0. The van der Waals surface area contributed by atoms with Gasteiger partial charge in [0.15, 0.2) is 0 Å². The van der Waals surface area contributed by atoms with E-state index in [0.717, 1.165) is 15.4 Å². The second-order valence-electron chi connectivity index (χ2n) is 8.58. The summed E-state index contributed by atoms with van der Waals surface area (Å²) >= 11 is 0. The number of aryl methyl sites for hydroxylation is 2. The molecule has 0 saturated carbocycles. The van der Waals surface area contributed by atoms with E-state index in [1.807, 2.05) is 19.9 Å². The first-order valence-electron chi connectivity index (χ1n) is 11.5. The van der Waals surface area contributed by atoms with E-state index in [1.54, 1.807) is 42.5 Å². The highest BCUT2D eigenvalue weighted by molar-refractivity contribution is 7.93. The minimum Gasteiger partial charge on any atom is -0.325 e. The second-order valence-corrected chi connectivity index (χ2v) is 12.1. The lowest BCUT2D eigenvalue weighted by molar-refractivity contribution is -0.114. The number of anilines is 3. The van der Waals surface area contributed by atoms with Crippen molar-refractivity contribution >= 4 is 43.0 Å². The van der Waals surface area contributed by atoms with E-state index >= 15 is 0 Å². The highest BCUT2D eigenvalue weighted by Crippen LogP contribution is 2.25. The second kappa shape index (κ2) is 11.0. The first-order chi connectivity index (χ1) is 18.0. The van der Waals surface area contributed by atoms with Gasteiger partial charge in [0, 0.05) is 11.9 Å². The molecule has 1 aromatic heterocycles. The third-order valence-corrected chi connectivity index (χ3v) is 8.73. The van der Waals surface area contributed by atoms with Crippen LogP contribution in [0.4, 0.5) is 17.1 Å². The number of rotatable bonds is 9. The molecule has 1 heterocycles. The summed E-state index contributed by atoms with van der Waals surface area (Å²) in [5, 5.41) is 2.65. The standard InChI is InChI=1S/C27H26N4O5S2/c1-20-8-12-26(13-9-20)38(35,36)31(24-7-3-5-21(2)17-24)19-27(32)29-22-10-14-25(15-11-22)37(33,34)30-23-6-4-16-28-18-23/h3-18,30H,19H2,1-2H3,(H,29,32). The van der Waals surface area contributed by atoms with Crippen LogP contribution in [0.2, 0.25) is 0 Å². The fourth-order valence-corrected chi connectivity index (χ4v) is 6.08. The summed E-state index contributed by atoms with van der Waals surface area (Å²) in [6.07, 6.45) is 2.91. The summed E-state index contributed by atoms with van der Waals surface area (Å²) in [7, 11) is -7.91. The lowest BCUT2D eigenvalue weighted by atomic mass is 10.2. The number of sulfonamides is 2. The molecule has 0 unspecified atom stereocenters. The summed E-state index contributed by atoms with van der Waals surface area (Å²) in [4.78, 5) is 16.9. The molecule has 1 amide bonds. The molecule has 0 fully saturated rings. The van der Waals surface area contributed by atoms with E-state index < -0.39 is 32.5 Å².